The van der Waals surface area contributed by atoms with Gasteiger partial charge in [-0.1, -0.05) is 48.0 Å². The normalized spacial score (nSPS) is 15.6. The number of anilines is 2. The number of aromatic nitrogens is 2. The van der Waals surface area contributed by atoms with E-state index in [9.17, 15) is 4.79 Å². The summed E-state index contributed by atoms with van der Waals surface area (Å²) in [4.78, 5) is 25.4. The van der Waals surface area contributed by atoms with Gasteiger partial charge in [-0.25, -0.2) is 9.97 Å². The molecule has 0 saturated carbocycles. The Morgan fingerprint density at radius 1 is 1.07 bits per heavy atom. The van der Waals surface area contributed by atoms with Gasteiger partial charge in [0.05, 0.1) is 26.2 Å². The summed E-state index contributed by atoms with van der Waals surface area (Å²) in [5.74, 6) is 0.715. The zero-order valence-electron chi connectivity index (χ0n) is 16.9. The Balaban J connectivity index is 1.52. The summed E-state index contributed by atoms with van der Waals surface area (Å²) in [5.41, 5.74) is 2.71. The number of aryl methyl sites for hydroxylation is 1. The predicted molar refractivity (Wildman–Crippen MR) is 119 cm³/mol. The standard InChI is InChI=1S/C23H24ClN5O/c1-17-8-9-19(16-20(17)24)27-22(30)21(18-6-3-2-4-7-18)28-12-14-29(15-13-28)23-25-10-5-11-26-23/h2-11,16,21H,12-15H2,1H3,(H,27,30)/p+1/t21-/m1/s1. The van der Waals surface area contributed by atoms with Crippen molar-refractivity contribution in [3.05, 3.63) is 83.1 Å². The number of nitrogens with one attached hydrogen (secondary N) is 2. The van der Waals surface area contributed by atoms with Crippen LogP contribution >= 0.6 is 11.6 Å². The van der Waals surface area contributed by atoms with E-state index >= 15 is 0 Å². The van der Waals surface area contributed by atoms with Crippen molar-refractivity contribution in [2.45, 2.75) is 13.0 Å². The summed E-state index contributed by atoms with van der Waals surface area (Å²) < 4.78 is 0. The maximum atomic E-state index is 13.3. The summed E-state index contributed by atoms with van der Waals surface area (Å²) in [5, 5.41) is 3.71. The Morgan fingerprint density at radius 3 is 2.43 bits per heavy atom. The minimum Gasteiger partial charge on any atom is -0.330 e. The summed E-state index contributed by atoms with van der Waals surface area (Å²) >= 11 is 6.24. The Hall–Kier alpha value is -2.96. The lowest BCUT2D eigenvalue weighted by Crippen LogP contribution is -3.16. The molecule has 0 aliphatic carbocycles. The maximum absolute atomic E-state index is 13.3. The van der Waals surface area contributed by atoms with E-state index in [1.165, 1.54) is 4.90 Å². The van der Waals surface area contributed by atoms with Crippen LogP contribution < -0.4 is 15.1 Å². The zero-order chi connectivity index (χ0) is 20.9. The fourth-order valence-electron chi connectivity index (χ4n) is 3.84. The van der Waals surface area contributed by atoms with Gasteiger partial charge >= 0.3 is 0 Å². The third-order valence-corrected chi connectivity index (χ3v) is 5.89. The molecule has 1 saturated heterocycles. The van der Waals surface area contributed by atoms with E-state index in [4.69, 9.17) is 11.6 Å². The molecule has 1 atom stereocenters. The largest absolute Gasteiger partial charge is 0.330 e. The van der Waals surface area contributed by atoms with Crippen molar-refractivity contribution >= 4 is 29.1 Å². The van der Waals surface area contributed by atoms with Crippen LogP contribution in [-0.4, -0.2) is 42.1 Å². The summed E-state index contributed by atoms with van der Waals surface area (Å²) in [6, 6.07) is 17.1. The van der Waals surface area contributed by atoms with Gasteiger partial charge in [0.25, 0.3) is 5.91 Å². The van der Waals surface area contributed by atoms with Crippen LogP contribution in [0.4, 0.5) is 11.6 Å². The van der Waals surface area contributed by atoms with Crippen LogP contribution in [0.3, 0.4) is 0 Å². The van der Waals surface area contributed by atoms with Crippen molar-refractivity contribution in [1.29, 1.82) is 0 Å². The Bertz CT molecular complexity index is 991. The van der Waals surface area contributed by atoms with Crippen LogP contribution in [0.5, 0.6) is 0 Å². The van der Waals surface area contributed by atoms with E-state index in [2.05, 4.69) is 20.2 Å². The highest BCUT2D eigenvalue weighted by Crippen LogP contribution is 2.21. The molecule has 2 aromatic carbocycles. The Kier molecular flexibility index (Phi) is 6.26. The summed E-state index contributed by atoms with van der Waals surface area (Å²) in [6.07, 6.45) is 3.52. The van der Waals surface area contributed by atoms with Gasteiger partial charge in [-0.15, -0.1) is 0 Å². The highest BCUT2D eigenvalue weighted by Gasteiger charge is 2.34. The van der Waals surface area contributed by atoms with Crippen LogP contribution in [0, 0.1) is 6.92 Å². The van der Waals surface area contributed by atoms with Crippen molar-refractivity contribution in [3.63, 3.8) is 0 Å². The Labute approximate surface area is 181 Å². The predicted octanol–water partition coefficient (Wildman–Crippen LogP) is 2.52. The molecule has 0 bridgehead atoms. The molecule has 1 fully saturated rings. The van der Waals surface area contributed by atoms with E-state index < -0.39 is 0 Å². The topological polar surface area (TPSA) is 62.6 Å². The smallest absolute Gasteiger partial charge is 0.287 e. The van der Waals surface area contributed by atoms with Gasteiger partial charge in [0.15, 0.2) is 6.04 Å². The number of carbonyl (C=O) groups excluding carboxylic acids is 1. The van der Waals surface area contributed by atoms with Gasteiger partial charge in [0.1, 0.15) is 0 Å². The lowest BCUT2D eigenvalue weighted by Gasteiger charge is -2.36. The first kappa shape index (κ1) is 20.3. The average molecular weight is 423 g/mol. The van der Waals surface area contributed by atoms with Crippen molar-refractivity contribution < 1.29 is 9.69 Å². The van der Waals surface area contributed by atoms with Crippen LogP contribution in [0.25, 0.3) is 0 Å². The molecule has 0 radical (unpaired) electrons. The molecule has 4 rings (SSSR count). The minimum atomic E-state index is -0.301. The molecule has 1 amide bonds. The van der Waals surface area contributed by atoms with Gasteiger partial charge in [0, 0.05) is 28.7 Å². The molecule has 6 nitrogen and oxygen atoms in total. The second-order valence-corrected chi connectivity index (χ2v) is 7.90. The molecule has 0 unspecified atom stereocenters. The lowest BCUT2D eigenvalue weighted by molar-refractivity contribution is -0.922. The van der Waals surface area contributed by atoms with E-state index in [0.717, 1.165) is 43.3 Å². The number of rotatable bonds is 5. The van der Waals surface area contributed by atoms with Crippen LogP contribution in [-0.2, 0) is 4.79 Å². The van der Waals surface area contributed by atoms with Crippen LogP contribution in [0.1, 0.15) is 17.2 Å². The number of quaternary nitrogens is 1. The quantitative estimate of drug-likeness (QED) is 0.663. The number of hydrogen-bond acceptors (Lipinski definition) is 4. The fraction of sp³-hybridized carbons (Fsp3) is 0.261. The van der Waals surface area contributed by atoms with Gasteiger partial charge in [0.2, 0.25) is 5.95 Å². The summed E-state index contributed by atoms with van der Waals surface area (Å²) in [6.45, 7) is 5.18. The minimum absolute atomic E-state index is 0.0273. The monoisotopic (exact) mass is 422 g/mol. The molecule has 30 heavy (non-hydrogen) atoms. The van der Waals surface area contributed by atoms with Crippen molar-refractivity contribution in [1.82, 2.24) is 9.97 Å². The first-order chi connectivity index (χ1) is 14.6. The third kappa shape index (κ3) is 4.61. The molecular formula is C23H25ClN5O+. The van der Waals surface area contributed by atoms with E-state index in [-0.39, 0.29) is 11.9 Å². The van der Waals surface area contributed by atoms with Gasteiger partial charge in [-0.05, 0) is 30.7 Å². The number of benzene rings is 2. The highest BCUT2D eigenvalue weighted by atomic mass is 35.5. The van der Waals surface area contributed by atoms with E-state index in [1.807, 2.05) is 55.5 Å². The van der Waals surface area contributed by atoms with Crippen molar-refractivity contribution in [2.24, 2.45) is 0 Å². The first-order valence-electron chi connectivity index (χ1n) is 10.1. The number of halogens is 1. The zero-order valence-corrected chi connectivity index (χ0v) is 17.6. The van der Waals surface area contributed by atoms with Crippen LogP contribution in [0.2, 0.25) is 5.02 Å². The second kappa shape index (κ2) is 9.24. The molecule has 1 aliphatic heterocycles. The highest BCUT2D eigenvalue weighted by molar-refractivity contribution is 6.31. The Morgan fingerprint density at radius 2 is 1.77 bits per heavy atom. The van der Waals surface area contributed by atoms with Crippen molar-refractivity contribution in [2.75, 3.05) is 36.4 Å². The summed E-state index contributed by atoms with van der Waals surface area (Å²) in [7, 11) is 0. The van der Waals surface area contributed by atoms with Gasteiger partial charge in [-0.3, -0.25) is 4.79 Å². The SMILES string of the molecule is Cc1ccc(NC(=O)[C@@H](c2ccccc2)[NH+]2CCN(c3ncccn3)CC2)cc1Cl. The molecule has 0 spiro atoms. The second-order valence-electron chi connectivity index (χ2n) is 7.49. The van der Waals surface area contributed by atoms with Crippen LogP contribution in [0.15, 0.2) is 67.0 Å². The number of amides is 1. The number of nitrogens with zero attached hydrogens (tertiary/aromatic N) is 3. The molecule has 154 valence electrons. The first-order valence-corrected chi connectivity index (χ1v) is 10.5. The number of carbonyl (C=O) groups is 1. The number of piperazine rings is 1. The van der Waals surface area contributed by atoms with E-state index in [1.54, 1.807) is 18.5 Å². The molecule has 3 aromatic rings. The molecular weight excluding hydrogens is 398 g/mol. The van der Waals surface area contributed by atoms with Gasteiger partial charge < -0.3 is 15.1 Å². The van der Waals surface area contributed by atoms with E-state index in [0.29, 0.717) is 10.7 Å². The molecule has 2 heterocycles. The molecule has 7 heteroatoms. The van der Waals surface area contributed by atoms with Crippen molar-refractivity contribution in [3.8, 4) is 0 Å². The fourth-order valence-corrected chi connectivity index (χ4v) is 4.02. The molecule has 2 N–H and O–H groups in total. The lowest BCUT2D eigenvalue weighted by atomic mass is 10.0. The third-order valence-electron chi connectivity index (χ3n) is 5.48. The average Bonchev–Trinajstić information content (AvgIpc) is 2.78. The molecule has 1 aromatic heterocycles. The molecule has 1 aliphatic rings. The van der Waals surface area contributed by atoms with Gasteiger partial charge in [-0.2, -0.15) is 0 Å². The maximum Gasteiger partial charge on any atom is 0.287 e. The number of hydrogen-bond donors (Lipinski definition) is 2.